The highest BCUT2D eigenvalue weighted by molar-refractivity contribution is 7.89. The van der Waals surface area contributed by atoms with E-state index in [0.717, 1.165) is 0 Å². The van der Waals surface area contributed by atoms with E-state index in [1.807, 2.05) is 0 Å². The molecule has 13 heteroatoms. The van der Waals surface area contributed by atoms with Crippen molar-refractivity contribution in [2.45, 2.75) is 4.90 Å². The predicted molar refractivity (Wildman–Crippen MR) is 101 cm³/mol. The first-order valence-corrected chi connectivity index (χ1v) is 9.34. The lowest BCUT2D eigenvalue weighted by molar-refractivity contribution is 0.0971. The van der Waals surface area contributed by atoms with Gasteiger partial charge >= 0.3 is 0 Å². The molecule has 0 aliphatic carbocycles. The molecule has 2 rings (SSSR count). The minimum Gasteiger partial charge on any atom is -0.382 e. The lowest BCUT2D eigenvalue weighted by Gasteiger charge is -2.11. The maximum absolute atomic E-state index is 12.0. The van der Waals surface area contributed by atoms with Gasteiger partial charge in [0.1, 0.15) is 0 Å². The van der Waals surface area contributed by atoms with E-state index in [0.29, 0.717) is 0 Å². The van der Waals surface area contributed by atoms with E-state index in [-0.39, 0.29) is 46.4 Å². The number of nitrogens with one attached hydrogen (secondary N) is 4. The second kappa shape index (κ2) is 8.62. The second-order valence-electron chi connectivity index (χ2n) is 5.10. The number of aromatic nitrogens is 2. The summed E-state index contributed by atoms with van der Waals surface area (Å²) in [5, 5.41) is 12.2. The van der Waals surface area contributed by atoms with Gasteiger partial charge in [-0.3, -0.25) is 15.5 Å². The van der Waals surface area contributed by atoms with Crippen molar-refractivity contribution in [2.75, 3.05) is 24.6 Å². The third-order valence-corrected chi connectivity index (χ3v) is 4.89. The number of nitrogens with two attached hydrogens (primary N) is 2. The standard InChI is InChI=1S/C14H17ClN8O3S/c15-10-12(17)22-11(16)9(21-10)13(24)23-14(18)19-6-7-20-27(25,26)8-4-2-1-3-5-8/h1-5,20H,6-7H2,(H4,16,17,22)(H3,18,19,23,24). The van der Waals surface area contributed by atoms with Gasteiger partial charge in [0.15, 0.2) is 28.4 Å². The van der Waals surface area contributed by atoms with Crippen molar-refractivity contribution >= 4 is 45.1 Å². The smallest absolute Gasteiger partial charge is 0.280 e. The summed E-state index contributed by atoms with van der Waals surface area (Å²) >= 11 is 5.69. The van der Waals surface area contributed by atoms with E-state index >= 15 is 0 Å². The summed E-state index contributed by atoms with van der Waals surface area (Å²) in [6.45, 7) is 0.0416. The molecule has 0 aliphatic rings. The van der Waals surface area contributed by atoms with Crippen molar-refractivity contribution < 1.29 is 13.2 Å². The molecule has 0 spiro atoms. The van der Waals surface area contributed by atoms with Crippen molar-refractivity contribution in [2.24, 2.45) is 0 Å². The molecule has 0 saturated carbocycles. The SMILES string of the molecule is N=C(NCCNS(=O)(=O)c1ccccc1)NC(=O)c1nc(Cl)c(N)nc1N. The van der Waals surface area contributed by atoms with Gasteiger partial charge in [0.2, 0.25) is 10.0 Å². The van der Waals surface area contributed by atoms with E-state index in [4.69, 9.17) is 28.5 Å². The third-order valence-electron chi connectivity index (χ3n) is 3.13. The first-order valence-electron chi connectivity index (χ1n) is 7.47. The predicted octanol–water partition coefficient (Wildman–Crippen LogP) is -0.473. The highest BCUT2D eigenvalue weighted by Crippen LogP contribution is 2.17. The number of halogens is 1. The highest BCUT2D eigenvalue weighted by Gasteiger charge is 2.17. The maximum Gasteiger partial charge on any atom is 0.280 e. The normalized spacial score (nSPS) is 11.0. The fraction of sp³-hybridized carbons (Fsp3) is 0.143. The van der Waals surface area contributed by atoms with Crippen LogP contribution < -0.4 is 26.8 Å². The summed E-state index contributed by atoms with van der Waals surface area (Å²) < 4.78 is 26.4. The zero-order valence-corrected chi connectivity index (χ0v) is 15.4. The van der Waals surface area contributed by atoms with Crippen LogP contribution in [0.5, 0.6) is 0 Å². The number of hydrogen-bond donors (Lipinski definition) is 6. The monoisotopic (exact) mass is 412 g/mol. The number of hydrogen-bond acceptors (Lipinski definition) is 8. The van der Waals surface area contributed by atoms with Gasteiger partial charge in [-0.05, 0) is 12.1 Å². The Morgan fingerprint density at radius 2 is 1.78 bits per heavy atom. The summed E-state index contributed by atoms with van der Waals surface area (Å²) in [6, 6.07) is 7.84. The molecule has 0 aliphatic heterocycles. The topological polar surface area (TPSA) is 189 Å². The summed E-state index contributed by atoms with van der Waals surface area (Å²) in [5.41, 5.74) is 10.7. The summed E-state index contributed by atoms with van der Waals surface area (Å²) in [4.78, 5) is 19.5. The van der Waals surface area contributed by atoms with Crippen molar-refractivity contribution in [3.8, 4) is 0 Å². The molecule has 0 unspecified atom stereocenters. The van der Waals surface area contributed by atoms with Crippen LogP contribution in [0.15, 0.2) is 35.2 Å². The molecule has 1 amide bonds. The van der Waals surface area contributed by atoms with Gasteiger partial charge in [0.05, 0.1) is 4.90 Å². The number of anilines is 2. The fourth-order valence-electron chi connectivity index (χ4n) is 1.88. The molecule has 27 heavy (non-hydrogen) atoms. The van der Waals surface area contributed by atoms with Crippen LogP contribution in [0.25, 0.3) is 0 Å². The van der Waals surface area contributed by atoms with E-state index in [1.165, 1.54) is 12.1 Å². The Labute approximate surface area is 160 Å². The molecule has 1 aromatic carbocycles. The zero-order chi connectivity index (χ0) is 20.0. The Kier molecular flexibility index (Phi) is 6.50. The van der Waals surface area contributed by atoms with Crippen LogP contribution in [-0.4, -0.2) is 43.3 Å². The van der Waals surface area contributed by atoms with Crippen LogP contribution in [0.4, 0.5) is 11.6 Å². The van der Waals surface area contributed by atoms with E-state index in [1.54, 1.807) is 18.2 Å². The first-order chi connectivity index (χ1) is 12.7. The van der Waals surface area contributed by atoms with Crippen molar-refractivity contribution in [3.63, 3.8) is 0 Å². The number of nitrogens with zero attached hydrogens (tertiary/aromatic N) is 2. The minimum absolute atomic E-state index is 0.00881. The van der Waals surface area contributed by atoms with E-state index in [9.17, 15) is 13.2 Å². The molecule has 1 heterocycles. The van der Waals surface area contributed by atoms with Crippen LogP contribution in [0, 0.1) is 5.41 Å². The van der Waals surface area contributed by atoms with Crippen molar-refractivity contribution in [1.29, 1.82) is 5.41 Å². The lowest BCUT2D eigenvalue weighted by atomic mass is 10.4. The molecule has 2 aromatic rings. The summed E-state index contributed by atoms with van der Waals surface area (Å²) in [5.74, 6) is -1.56. The fourth-order valence-corrected chi connectivity index (χ4v) is 3.06. The molecule has 0 radical (unpaired) electrons. The average molecular weight is 413 g/mol. The van der Waals surface area contributed by atoms with Gasteiger partial charge in [0.25, 0.3) is 5.91 Å². The van der Waals surface area contributed by atoms with E-state index in [2.05, 4.69) is 25.3 Å². The first kappa shape index (κ1) is 20.4. The van der Waals surface area contributed by atoms with Gasteiger partial charge < -0.3 is 16.8 Å². The number of carbonyl (C=O) groups excluding carboxylic acids is 1. The average Bonchev–Trinajstić information content (AvgIpc) is 2.62. The highest BCUT2D eigenvalue weighted by atomic mass is 35.5. The Hall–Kier alpha value is -2.96. The quantitative estimate of drug-likeness (QED) is 0.208. The summed E-state index contributed by atoms with van der Waals surface area (Å²) in [6.07, 6.45) is 0. The molecule has 0 bridgehead atoms. The Balaban J connectivity index is 1.83. The molecule has 0 fully saturated rings. The van der Waals surface area contributed by atoms with Gasteiger partial charge in [-0.1, -0.05) is 29.8 Å². The van der Waals surface area contributed by atoms with Crippen molar-refractivity contribution in [1.82, 2.24) is 25.3 Å². The van der Waals surface area contributed by atoms with Gasteiger partial charge in [-0.2, -0.15) is 0 Å². The second-order valence-corrected chi connectivity index (χ2v) is 7.23. The number of nitrogen functional groups attached to an aromatic ring is 2. The number of sulfonamides is 1. The van der Waals surface area contributed by atoms with Gasteiger partial charge in [-0.25, -0.2) is 23.1 Å². The van der Waals surface area contributed by atoms with Crippen LogP contribution >= 0.6 is 11.6 Å². The molecular weight excluding hydrogens is 396 g/mol. The van der Waals surface area contributed by atoms with E-state index < -0.39 is 15.9 Å². The molecule has 8 N–H and O–H groups in total. The molecule has 11 nitrogen and oxygen atoms in total. The zero-order valence-electron chi connectivity index (χ0n) is 13.9. The molecule has 144 valence electrons. The Bertz CT molecular complexity index is 952. The molecular formula is C14H17ClN8O3S. The lowest BCUT2D eigenvalue weighted by Crippen LogP contribution is -2.43. The number of carbonyl (C=O) groups is 1. The third kappa shape index (κ3) is 5.51. The van der Waals surface area contributed by atoms with Gasteiger partial charge in [0, 0.05) is 13.1 Å². The number of amides is 1. The number of benzene rings is 1. The minimum atomic E-state index is -3.65. The number of rotatable bonds is 6. The van der Waals surface area contributed by atoms with Crippen LogP contribution in [-0.2, 0) is 10.0 Å². The maximum atomic E-state index is 12.0. The largest absolute Gasteiger partial charge is 0.382 e. The van der Waals surface area contributed by atoms with Crippen LogP contribution in [0.2, 0.25) is 5.15 Å². The van der Waals surface area contributed by atoms with Crippen LogP contribution in [0.1, 0.15) is 10.5 Å². The van der Waals surface area contributed by atoms with Crippen LogP contribution in [0.3, 0.4) is 0 Å². The Morgan fingerprint density at radius 3 is 2.44 bits per heavy atom. The molecule has 0 atom stereocenters. The number of guanidine groups is 1. The Morgan fingerprint density at radius 1 is 1.11 bits per heavy atom. The van der Waals surface area contributed by atoms with Crippen molar-refractivity contribution in [3.05, 3.63) is 41.2 Å². The molecule has 0 saturated heterocycles. The van der Waals surface area contributed by atoms with Gasteiger partial charge in [-0.15, -0.1) is 0 Å². The molecule has 1 aromatic heterocycles. The summed E-state index contributed by atoms with van der Waals surface area (Å²) in [7, 11) is -3.65.